The maximum Gasteiger partial charge on any atom is 0.237 e. The number of hydrogen-bond donors (Lipinski definition) is 0. The van der Waals surface area contributed by atoms with E-state index in [9.17, 15) is 9.59 Å². The third-order valence-electron chi connectivity index (χ3n) is 4.54. The van der Waals surface area contributed by atoms with Gasteiger partial charge >= 0.3 is 0 Å². The fourth-order valence-corrected chi connectivity index (χ4v) is 3.98. The third-order valence-corrected chi connectivity index (χ3v) is 5.03. The van der Waals surface area contributed by atoms with Gasteiger partial charge in [-0.1, -0.05) is 29.8 Å². The number of aryl methyl sites for hydroxylation is 1. The Hall–Kier alpha value is -1.16. The molecule has 2 atom stereocenters. The first-order chi connectivity index (χ1) is 9.52. The topological polar surface area (TPSA) is 37.4 Å². The molecule has 20 heavy (non-hydrogen) atoms. The lowest BCUT2D eigenvalue weighted by molar-refractivity contribution is -0.123. The Morgan fingerprint density at radius 3 is 2.35 bits per heavy atom. The van der Waals surface area contributed by atoms with Crippen LogP contribution in [0.4, 0.5) is 5.69 Å². The first kappa shape index (κ1) is 13.8. The molecule has 106 valence electrons. The smallest absolute Gasteiger partial charge is 0.237 e. The Morgan fingerprint density at radius 1 is 1.20 bits per heavy atom. The molecule has 0 spiro atoms. The van der Waals surface area contributed by atoms with Crippen molar-refractivity contribution in [3.8, 4) is 0 Å². The minimum atomic E-state index is -0.0918. The number of rotatable bonds is 2. The second kappa shape index (κ2) is 4.99. The fraction of sp³-hybridized carbons (Fsp3) is 0.500. The average Bonchev–Trinajstić information content (AvgIpc) is 2.90. The number of carbonyl (C=O) groups is 2. The van der Waals surface area contributed by atoms with Crippen molar-refractivity contribution in [2.24, 2.45) is 17.8 Å². The van der Waals surface area contributed by atoms with Crippen molar-refractivity contribution < 1.29 is 9.59 Å². The normalized spacial score (nSPS) is 29.1. The molecule has 2 aliphatic rings. The molecule has 2 amide bonds. The number of anilines is 1. The Bertz CT molecular complexity index is 560. The van der Waals surface area contributed by atoms with Gasteiger partial charge < -0.3 is 0 Å². The van der Waals surface area contributed by atoms with Crippen molar-refractivity contribution in [1.82, 2.24) is 0 Å². The van der Waals surface area contributed by atoms with Crippen LogP contribution in [0.2, 0.25) is 0 Å². The van der Waals surface area contributed by atoms with Crippen LogP contribution in [0.3, 0.4) is 0 Å². The number of fused-ring (bicyclic) bond motifs is 1. The zero-order chi connectivity index (χ0) is 14.4. The summed E-state index contributed by atoms with van der Waals surface area (Å²) in [5.41, 5.74) is 1.81. The Kier molecular flexibility index (Phi) is 3.44. The summed E-state index contributed by atoms with van der Waals surface area (Å²) in [5, 5.41) is 0. The van der Waals surface area contributed by atoms with Crippen LogP contribution in [0.1, 0.15) is 32.3 Å². The van der Waals surface area contributed by atoms with E-state index in [-0.39, 0.29) is 23.7 Å². The molecule has 0 radical (unpaired) electrons. The number of nitrogens with zero attached hydrogens (tertiary/aromatic N) is 1. The highest BCUT2D eigenvalue weighted by Gasteiger charge is 2.52. The first-order valence-electron chi connectivity index (χ1n) is 7.19. The van der Waals surface area contributed by atoms with Crippen LogP contribution >= 0.6 is 15.9 Å². The van der Waals surface area contributed by atoms with Crippen molar-refractivity contribution >= 4 is 33.4 Å². The summed E-state index contributed by atoms with van der Waals surface area (Å²) < 4.78 is 0.978. The molecule has 1 heterocycles. The molecular weight excluding hydrogens is 318 g/mol. The van der Waals surface area contributed by atoms with E-state index in [1.54, 1.807) is 0 Å². The number of halogens is 1. The van der Waals surface area contributed by atoms with E-state index in [4.69, 9.17) is 0 Å². The Morgan fingerprint density at radius 2 is 1.80 bits per heavy atom. The van der Waals surface area contributed by atoms with Gasteiger partial charge in [0.05, 0.1) is 17.5 Å². The maximum atomic E-state index is 12.6. The molecule has 2 fully saturated rings. The highest BCUT2D eigenvalue weighted by molar-refractivity contribution is 9.10. The number of carbonyl (C=O) groups excluding carboxylic acids is 2. The zero-order valence-electron chi connectivity index (χ0n) is 11.7. The van der Waals surface area contributed by atoms with Crippen molar-refractivity contribution in [1.29, 1.82) is 0 Å². The van der Waals surface area contributed by atoms with E-state index in [0.29, 0.717) is 5.92 Å². The second-order valence-corrected chi connectivity index (χ2v) is 6.84. The van der Waals surface area contributed by atoms with Crippen molar-refractivity contribution in [2.75, 3.05) is 4.90 Å². The van der Waals surface area contributed by atoms with E-state index >= 15 is 0 Å². The van der Waals surface area contributed by atoms with Crippen LogP contribution in [-0.4, -0.2) is 11.8 Å². The molecule has 1 aromatic rings. The number of amides is 2. The van der Waals surface area contributed by atoms with E-state index < -0.39 is 0 Å². The summed E-state index contributed by atoms with van der Waals surface area (Å²) in [6.07, 6.45) is 2.50. The summed E-state index contributed by atoms with van der Waals surface area (Å²) in [6, 6.07) is 5.77. The van der Waals surface area contributed by atoms with Gasteiger partial charge in [-0.2, -0.15) is 0 Å². The summed E-state index contributed by atoms with van der Waals surface area (Å²) in [6.45, 7) is 4.17. The van der Waals surface area contributed by atoms with Crippen LogP contribution in [0.15, 0.2) is 22.7 Å². The minimum absolute atomic E-state index is 0.00127. The second-order valence-electron chi connectivity index (χ2n) is 5.93. The summed E-state index contributed by atoms with van der Waals surface area (Å²) >= 11 is 3.44. The highest BCUT2D eigenvalue weighted by atomic mass is 79.9. The standard InChI is InChI=1S/C16H18BrNO2/c1-3-10-8-11(17)4-5-14(10)18-15(19)12-6-9(2)7-13(12)16(18)20/h4-5,8-9,12-13H,3,6-7H2,1-2H3. The molecule has 3 nitrogen and oxygen atoms in total. The Balaban J connectivity index is 2.00. The lowest BCUT2D eigenvalue weighted by Crippen LogP contribution is -2.32. The summed E-state index contributed by atoms with van der Waals surface area (Å²) in [7, 11) is 0. The van der Waals surface area contributed by atoms with Crippen LogP contribution in [-0.2, 0) is 16.0 Å². The molecule has 0 N–H and O–H groups in total. The van der Waals surface area contributed by atoms with Gasteiger partial charge in [0.25, 0.3) is 0 Å². The zero-order valence-corrected chi connectivity index (χ0v) is 13.3. The molecule has 4 heteroatoms. The van der Waals surface area contributed by atoms with E-state index in [2.05, 4.69) is 22.9 Å². The van der Waals surface area contributed by atoms with Gasteiger partial charge in [-0.3, -0.25) is 9.59 Å². The highest BCUT2D eigenvalue weighted by Crippen LogP contribution is 2.45. The van der Waals surface area contributed by atoms with Crippen LogP contribution in [0.5, 0.6) is 0 Å². The predicted molar refractivity (Wildman–Crippen MR) is 81.4 cm³/mol. The van der Waals surface area contributed by atoms with E-state index in [0.717, 1.165) is 35.0 Å². The van der Waals surface area contributed by atoms with Crippen LogP contribution in [0, 0.1) is 17.8 Å². The number of imide groups is 1. The maximum absolute atomic E-state index is 12.6. The van der Waals surface area contributed by atoms with Crippen molar-refractivity contribution in [2.45, 2.75) is 33.1 Å². The van der Waals surface area contributed by atoms with Gasteiger partial charge in [0.2, 0.25) is 11.8 Å². The SMILES string of the molecule is CCc1cc(Br)ccc1N1C(=O)C2CC(C)CC2C1=O. The summed E-state index contributed by atoms with van der Waals surface area (Å²) in [5.74, 6) is 0.301. The van der Waals surface area contributed by atoms with E-state index in [1.165, 1.54) is 4.90 Å². The predicted octanol–water partition coefficient (Wildman–Crippen LogP) is 3.55. The molecule has 1 aliphatic heterocycles. The molecule has 0 bridgehead atoms. The van der Waals surface area contributed by atoms with E-state index in [1.807, 2.05) is 25.1 Å². The van der Waals surface area contributed by atoms with Gasteiger partial charge in [0, 0.05) is 4.47 Å². The molecule has 1 saturated carbocycles. The molecular formula is C16H18BrNO2. The number of benzene rings is 1. The van der Waals surface area contributed by atoms with Crippen LogP contribution < -0.4 is 4.90 Å². The Labute approximate surface area is 127 Å². The largest absolute Gasteiger partial charge is 0.274 e. The quantitative estimate of drug-likeness (QED) is 0.775. The molecule has 1 saturated heterocycles. The first-order valence-corrected chi connectivity index (χ1v) is 7.98. The number of hydrogen-bond acceptors (Lipinski definition) is 2. The fourth-order valence-electron chi connectivity index (χ4n) is 3.57. The van der Waals surface area contributed by atoms with Crippen molar-refractivity contribution in [3.05, 3.63) is 28.2 Å². The third kappa shape index (κ3) is 2.01. The van der Waals surface area contributed by atoms with Gasteiger partial charge in [-0.25, -0.2) is 4.90 Å². The van der Waals surface area contributed by atoms with Crippen molar-refractivity contribution in [3.63, 3.8) is 0 Å². The van der Waals surface area contributed by atoms with Gasteiger partial charge in [0.1, 0.15) is 0 Å². The molecule has 3 rings (SSSR count). The summed E-state index contributed by atoms with van der Waals surface area (Å²) in [4.78, 5) is 26.6. The molecule has 1 aliphatic carbocycles. The van der Waals surface area contributed by atoms with Gasteiger partial charge in [0.15, 0.2) is 0 Å². The lowest BCUT2D eigenvalue weighted by Gasteiger charge is -2.20. The average molecular weight is 336 g/mol. The molecule has 0 aromatic heterocycles. The molecule has 1 aromatic carbocycles. The van der Waals surface area contributed by atoms with Gasteiger partial charge in [-0.05, 0) is 48.9 Å². The lowest BCUT2D eigenvalue weighted by atomic mass is 10.00. The monoisotopic (exact) mass is 335 g/mol. The van der Waals surface area contributed by atoms with Crippen LogP contribution in [0.25, 0.3) is 0 Å². The van der Waals surface area contributed by atoms with Gasteiger partial charge in [-0.15, -0.1) is 0 Å². The minimum Gasteiger partial charge on any atom is -0.274 e. The molecule has 2 unspecified atom stereocenters.